The number of nitrogens with zero attached hydrogens (tertiary/aromatic N) is 1. The topological polar surface area (TPSA) is 66.8 Å². The highest BCUT2D eigenvalue weighted by molar-refractivity contribution is 5.96. The largest absolute Gasteiger partial charge is 0.481 e. The number of benzene rings is 1. The van der Waals surface area contributed by atoms with Crippen LogP contribution in [0.3, 0.4) is 0 Å². The van der Waals surface area contributed by atoms with Gasteiger partial charge in [-0.2, -0.15) is 0 Å². The lowest BCUT2D eigenvalue weighted by Gasteiger charge is -2.27. The van der Waals surface area contributed by atoms with Crippen molar-refractivity contribution in [2.45, 2.75) is 51.0 Å². The molecule has 0 unspecified atom stereocenters. The van der Waals surface area contributed by atoms with Gasteiger partial charge in [-0.05, 0) is 51.2 Å². The Morgan fingerprint density at radius 1 is 1.27 bits per heavy atom. The van der Waals surface area contributed by atoms with Crippen molar-refractivity contribution in [2.75, 3.05) is 11.4 Å². The molecule has 0 bridgehead atoms. The van der Waals surface area contributed by atoms with Gasteiger partial charge >= 0.3 is 12.1 Å². The van der Waals surface area contributed by atoms with Crippen molar-refractivity contribution in [1.29, 1.82) is 0 Å². The number of carboxylic acid groups (broad SMARTS) is 1. The van der Waals surface area contributed by atoms with Crippen LogP contribution < -0.4 is 4.90 Å². The molecule has 1 aromatic carbocycles. The Morgan fingerprint density at radius 2 is 1.95 bits per heavy atom. The van der Waals surface area contributed by atoms with Crippen LogP contribution in [-0.4, -0.2) is 29.3 Å². The van der Waals surface area contributed by atoms with Crippen LogP contribution in [0.5, 0.6) is 0 Å². The second-order valence-electron chi connectivity index (χ2n) is 7.08. The molecule has 0 saturated heterocycles. The molecule has 0 atom stereocenters. The second-order valence-corrected chi connectivity index (χ2v) is 7.08. The number of anilines is 1. The Morgan fingerprint density at radius 3 is 2.50 bits per heavy atom. The van der Waals surface area contributed by atoms with Crippen LogP contribution in [0.25, 0.3) is 0 Å². The van der Waals surface area contributed by atoms with Gasteiger partial charge in [0, 0.05) is 6.54 Å². The summed E-state index contributed by atoms with van der Waals surface area (Å²) in [5, 5.41) is 9.57. The highest BCUT2D eigenvalue weighted by atomic mass is 16.6. The molecular formula is C17H21NO4. The van der Waals surface area contributed by atoms with Crippen LogP contribution in [0.4, 0.5) is 10.5 Å². The van der Waals surface area contributed by atoms with Crippen molar-refractivity contribution in [2.24, 2.45) is 0 Å². The minimum atomic E-state index is -0.823. The molecule has 0 spiro atoms. The van der Waals surface area contributed by atoms with E-state index in [0.29, 0.717) is 19.4 Å². The first kappa shape index (κ1) is 14.9. The summed E-state index contributed by atoms with van der Waals surface area (Å²) < 4.78 is 5.47. The highest BCUT2D eigenvalue weighted by Gasteiger charge is 2.54. The average Bonchev–Trinajstić information content (AvgIpc) is 3.09. The average molecular weight is 303 g/mol. The van der Waals surface area contributed by atoms with Gasteiger partial charge in [0.1, 0.15) is 5.60 Å². The summed E-state index contributed by atoms with van der Waals surface area (Å²) >= 11 is 0. The summed E-state index contributed by atoms with van der Waals surface area (Å²) in [5.74, 6) is -0.808. The molecule has 2 aliphatic rings. The van der Waals surface area contributed by atoms with Gasteiger partial charge < -0.3 is 9.84 Å². The lowest BCUT2D eigenvalue weighted by Crippen LogP contribution is -2.37. The second kappa shape index (κ2) is 4.73. The number of amides is 1. The van der Waals surface area contributed by atoms with Crippen LogP contribution in [0.15, 0.2) is 18.2 Å². The first-order chi connectivity index (χ1) is 10.2. The SMILES string of the molecule is CC(C)(C)OC(=O)N1CCc2cccc(C3(C(=O)O)CC3)c21. The van der Waals surface area contributed by atoms with E-state index in [4.69, 9.17) is 4.74 Å². The van der Waals surface area contributed by atoms with Gasteiger partial charge in [-0.3, -0.25) is 9.69 Å². The van der Waals surface area contributed by atoms with Crippen molar-refractivity contribution in [3.8, 4) is 0 Å². The van der Waals surface area contributed by atoms with E-state index in [-0.39, 0.29) is 0 Å². The lowest BCUT2D eigenvalue weighted by molar-refractivity contribution is -0.140. The molecule has 3 rings (SSSR count). The number of carbonyl (C=O) groups is 2. The van der Waals surface area contributed by atoms with Gasteiger partial charge in [-0.15, -0.1) is 0 Å². The molecular weight excluding hydrogens is 282 g/mol. The van der Waals surface area contributed by atoms with Crippen LogP contribution in [-0.2, 0) is 21.4 Å². The number of carbonyl (C=O) groups excluding carboxylic acids is 1. The van der Waals surface area contributed by atoms with E-state index in [1.54, 1.807) is 4.90 Å². The van der Waals surface area contributed by atoms with Crippen LogP contribution in [0, 0.1) is 0 Å². The molecule has 1 saturated carbocycles. The summed E-state index contributed by atoms with van der Waals surface area (Å²) in [7, 11) is 0. The van der Waals surface area contributed by atoms with Gasteiger partial charge in [0.15, 0.2) is 0 Å². The Hall–Kier alpha value is -2.04. The predicted molar refractivity (Wildman–Crippen MR) is 82.3 cm³/mol. The maximum atomic E-state index is 12.4. The van der Waals surface area contributed by atoms with Crippen molar-refractivity contribution in [3.63, 3.8) is 0 Å². The molecule has 118 valence electrons. The summed E-state index contributed by atoms with van der Waals surface area (Å²) in [6, 6.07) is 5.68. The number of aliphatic carboxylic acids is 1. The molecule has 1 aromatic rings. The quantitative estimate of drug-likeness (QED) is 0.911. The molecule has 1 heterocycles. The molecule has 5 nitrogen and oxygen atoms in total. The first-order valence-electron chi connectivity index (χ1n) is 7.61. The van der Waals surface area contributed by atoms with E-state index in [1.807, 2.05) is 39.0 Å². The van der Waals surface area contributed by atoms with Crippen molar-refractivity contribution in [3.05, 3.63) is 29.3 Å². The van der Waals surface area contributed by atoms with Crippen LogP contribution >= 0.6 is 0 Å². The molecule has 1 amide bonds. The summed E-state index contributed by atoms with van der Waals surface area (Å²) in [6.07, 6.45) is 1.58. The van der Waals surface area contributed by atoms with Crippen molar-refractivity contribution in [1.82, 2.24) is 0 Å². The van der Waals surface area contributed by atoms with Crippen LogP contribution in [0.2, 0.25) is 0 Å². The van der Waals surface area contributed by atoms with Gasteiger partial charge in [0.05, 0.1) is 11.1 Å². The Bertz CT molecular complexity index is 641. The monoisotopic (exact) mass is 303 g/mol. The first-order valence-corrected chi connectivity index (χ1v) is 7.61. The molecule has 1 aliphatic heterocycles. The fourth-order valence-electron chi connectivity index (χ4n) is 3.07. The third kappa shape index (κ3) is 2.34. The number of rotatable bonds is 2. The summed E-state index contributed by atoms with van der Waals surface area (Å²) in [6.45, 7) is 6.02. The smallest absolute Gasteiger partial charge is 0.414 e. The lowest BCUT2D eigenvalue weighted by atomic mass is 9.92. The molecule has 5 heteroatoms. The van der Waals surface area contributed by atoms with Gasteiger partial charge in [-0.1, -0.05) is 18.2 Å². The highest BCUT2D eigenvalue weighted by Crippen LogP contribution is 2.53. The maximum Gasteiger partial charge on any atom is 0.414 e. The molecule has 1 aliphatic carbocycles. The third-order valence-corrected chi connectivity index (χ3v) is 4.28. The van der Waals surface area contributed by atoms with E-state index in [9.17, 15) is 14.7 Å². The van der Waals surface area contributed by atoms with Gasteiger partial charge in [-0.25, -0.2) is 4.79 Å². The standard InChI is InChI=1S/C17H21NO4/c1-16(2,3)22-15(21)18-10-7-11-5-4-6-12(13(11)18)17(8-9-17)14(19)20/h4-6H,7-10H2,1-3H3,(H,19,20). The van der Waals surface area contributed by atoms with E-state index >= 15 is 0 Å². The summed E-state index contributed by atoms with van der Waals surface area (Å²) in [4.78, 5) is 25.7. The molecule has 22 heavy (non-hydrogen) atoms. The van der Waals surface area contributed by atoms with Gasteiger partial charge in [0.2, 0.25) is 0 Å². The number of para-hydroxylation sites is 1. The Balaban J connectivity index is 2.00. The van der Waals surface area contributed by atoms with Gasteiger partial charge in [0.25, 0.3) is 0 Å². The molecule has 0 radical (unpaired) electrons. The third-order valence-electron chi connectivity index (χ3n) is 4.28. The molecule has 1 N–H and O–H groups in total. The Kier molecular flexibility index (Phi) is 3.20. The van der Waals surface area contributed by atoms with E-state index in [1.165, 1.54) is 0 Å². The number of fused-ring (bicyclic) bond motifs is 1. The zero-order valence-electron chi connectivity index (χ0n) is 13.2. The van der Waals surface area contributed by atoms with E-state index in [2.05, 4.69) is 0 Å². The van der Waals surface area contributed by atoms with E-state index < -0.39 is 23.1 Å². The van der Waals surface area contributed by atoms with E-state index in [0.717, 1.165) is 23.2 Å². The molecule has 1 fully saturated rings. The number of hydrogen-bond donors (Lipinski definition) is 1. The van der Waals surface area contributed by atoms with Crippen molar-refractivity contribution >= 4 is 17.7 Å². The maximum absolute atomic E-state index is 12.4. The zero-order valence-corrected chi connectivity index (χ0v) is 13.2. The number of hydrogen-bond acceptors (Lipinski definition) is 3. The van der Waals surface area contributed by atoms with Crippen molar-refractivity contribution < 1.29 is 19.4 Å². The van der Waals surface area contributed by atoms with Crippen LogP contribution in [0.1, 0.15) is 44.7 Å². The predicted octanol–water partition coefficient (Wildman–Crippen LogP) is 3.10. The number of ether oxygens (including phenoxy) is 1. The zero-order chi connectivity index (χ0) is 16.1. The fraction of sp³-hybridized carbons (Fsp3) is 0.529. The molecule has 0 aromatic heterocycles. The number of carboxylic acids is 1. The normalized spacial score (nSPS) is 18.8. The minimum Gasteiger partial charge on any atom is -0.481 e. The summed E-state index contributed by atoms with van der Waals surface area (Å²) in [5.41, 5.74) is 1.13. The Labute approximate surface area is 129 Å². The fourth-order valence-corrected chi connectivity index (χ4v) is 3.07. The minimum absolute atomic E-state index is 0.403.